The van der Waals surface area contributed by atoms with E-state index in [1.807, 2.05) is 23.1 Å². The van der Waals surface area contributed by atoms with E-state index in [1.54, 1.807) is 49.6 Å². The van der Waals surface area contributed by atoms with Gasteiger partial charge in [-0.3, -0.25) is 19.4 Å². The van der Waals surface area contributed by atoms with Crippen molar-refractivity contribution in [3.63, 3.8) is 0 Å². The van der Waals surface area contributed by atoms with Crippen LogP contribution in [0.25, 0.3) is 0 Å². The van der Waals surface area contributed by atoms with E-state index in [1.165, 1.54) is 17.0 Å². The number of hydrogen-bond acceptors (Lipinski definition) is 6. The molecular formula is C31H33ClFN5O3S. The van der Waals surface area contributed by atoms with E-state index in [0.29, 0.717) is 33.8 Å². The van der Waals surface area contributed by atoms with Gasteiger partial charge in [-0.15, -0.1) is 0 Å². The number of rotatable bonds is 10. The highest BCUT2D eigenvalue weighted by atomic mass is 35.5. The number of ether oxygens (including phenoxy) is 1. The van der Waals surface area contributed by atoms with Crippen molar-refractivity contribution in [1.82, 2.24) is 9.80 Å². The van der Waals surface area contributed by atoms with Crippen LogP contribution in [0.3, 0.4) is 0 Å². The van der Waals surface area contributed by atoms with Crippen molar-refractivity contribution in [2.45, 2.75) is 18.9 Å². The van der Waals surface area contributed by atoms with Crippen LogP contribution in [0.4, 0.5) is 21.5 Å². The second kappa shape index (κ2) is 13.5. The summed E-state index contributed by atoms with van der Waals surface area (Å²) in [4.78, 5) is 34.8. The molecule has 2 aliphatic rings. The van der Waals surface area contributed by atoms with Gasteiger partial charge in [0.1, 0.15) is 17.6 Å². The Kier molecular flexibility index (Phi) is 9.56. The highest BCUT2D eigenvalue weighted by Crippen LogP contribution is 2.30. The Morgan fingerprint density at radius 1 is 1.00 bits per heavy atom. The molecule has 2 fully saturated rings. The summed E-state index contributed by atoms with van der Waals surface area (Å²) in [6.07, 6.45) is 0.726. The van der Waals surface area contributed by atoms with Gasteiger partial charge < -0.3 is 19.9 Å². The van der Waals surface area contributed by atoms with Crippen LogP contribution in [0.1, 0.15) is 12.8 Å². The smallest absolute Gasteiger partial charge is 0.256 e. The number of piperazine rings is 1. The quantitative estimate of drug-likeness (QED) is 0.323. The van der Waals surface area contributed by atoms with Gasteiger partial charge in [0, 0.05) is 55.2 Å². The van der Waals surface area contributed by atoms with Crippen molar-refractivity contribution < 1.29 is 18.7 Å². The zero-order chi connectivity index (χ0) is 29.6. The number of halogens is 2. The minimum atomic E-state index is -0.730. The maximum Gasteiger partial charge on any atom is 0.256 e. The molecule has 3 aromatic carbocycles. The lowest BCUT2D eigenvalue weighted by atomic mass is 10.1. The van der Waals surface area contributed by atoms with Crippen LogP contribution in [0.2, 0.25) is 5.02 Å². The van der Waals surface area contributed by atoms with Crippen LogP contribution in [0, 0.1) is 5.82 Å². The van der Waals surface area contributed by atoms with Crippen LogP contribution in [-0.4, -0.2) is 79.1 Å². The molecule has 2 heterocycles. The number of carbonyl (C=O) groups is 2. The summed E-state index contributed by atoms with van der Waals surface area (Å²) in [6.45, 7) is 4.81. The maximum atomic E-state index is 13.7. The number of anilines is 3. The number of benzene rings is 3. The molecule has 2 saturated heterocycles. The standard InChI is InChI=1S/C31H33ClFN5O3S/c1-41-27-5-2-4-26(20-27)38-30(40)28(21-29(39)34-24-10-6-22(32)7-11-24)37(31(38)42)15-3-14-35-16-18-36(19-17-35)25-12-8-23(33)9-13-25/h2,4-13,20,28H,3,14-19,21H2,1H3,(H,34,39)/t28-/m0/s1. The van der Waals surface area contributed by atoms with Gasteiger partial charge >= 0.3 is 0 Å². The molecule has 220 valence electrons. The predicted octanol–water partition coefficient (Wildman–Crippen LogP) is 5.03. The van der Waals surface area contributed by atoms with Gasteiger partial charge in [-0.2, -0.15) is 0 Å². The van der Waals surface area contributed by atoms with E-state index < -0.39 is 6.04 Å². The lowest BCUT2D eigenvalue weighted by Gasteiger charge is -2.36. The molecule has 11 heteroatoms. The Morgan fingerprint density at radius 2 is 1.71 bits per heavy atom. The molecule has 0 spiro atoms. The third-order valence-corrected chi connectivity index (χ3v) is 8.24. The van der Waals surface area contributed by atoms with Gasteiger partial charge in [0.25, 0.3) is 5.91 Å². The van der Waals surface area contributed by atoms with E-state index in [4.69, 9.17) is 28.6 Å². The van der Waals surface area contributed by atoms with Crippen LogP contribution in [0.5, 0.6) is 5.75 Å². The highest BCUT2D eigenvalue weighted by Gasteiger charge is 2.44. The molecule has 42 heavy (non-hydrogen) atoms. The van der Waals surface area contributed by atoms with E-state index in [0.717, 1.165) is 44.8 Å². The first-order valence-electron chi connectivity index (χ1n) is 13.9. The van der Waals surface area contributed by atoms with Crippen molar-refractivity contribution in [3.05, 3.63) is 83.6 Å². The first kappa shape index (κ1) is 29.8. The van der Waals surface area contributed by atoms with Crippen LogP contribution >= 0.6 is 23.8 Å². The van der Waals surface area contributed by atoms with Crippen molar-refractivity contribution >= 4 is 57.8 Å². The Morgan fingerprint density at radius 3 is 2.40 bits per heavy atom. The second-order valence-electron chi connectivity index (χ2n) is 10.3. The number of thiocarbonyl (C=S) groups is 1. The average Bonchev–Trinajstić information content (AvgIpc) is 3.23. The third-order valence-electron chi connectivity index (χ3n) is 7.57. The summed E-state index contributed by atoms with van der Waals surface area (Å²) in [5, 5.41) is 3.81. The molecule has 5 rings (SSSR count). The fraction of sp³-hybridized carbons (Fsp3) is 0.323. The maximum absolute atomic E-state index is 13.7. The number of carbonyl (C=O) groups excluding carboxylic acids is 2. The Hall–Kier alpha value is -3.73. The molecule has 0 radical (unpaired) electrons. The summed E-state index contributed by atoms with van der Waals surface area (Å²) in [5.74, 6) is -0.153. The minimum Gasteiger partial charge on any atom is -0.497 e. The summed E-state index contributed by atoms with van der Waals surface area (Å²) < 4.78 is 18.7. The number of methoxy groups -OCH3 is 1. The number of nitrogens with zero attached hydrogens (tertiary/aromatic N) is 4. The second-order valence-corrected chi connectivity index (χ2v) is 11.1. The first-order chi connectivity index (χ1) is 20.3. The largest absolute Gasteiger partial charge is 0.497 e. The molecule has 0 saturated carbocycles. The lowest BCUT2D eigenvalue weighted by Crippen LogP contribution is -2.47. The minimum absolute atomic E-state index is 0.0432. The predicted molar refractivity (Wildman–Crippen MR) is 168 cm³/mol. The van der Waals surface area contributed by atoms with Crippen molar-refractivity contribution in [3.8, 4) is 5.75 Å². The Bertz CT molecular complexity index is 1420. The SMILES string of the molecule is COc1cccc(N2C(=O)[C@H](CC(=O)Nc3ccc(Cl)cc3)N(CCCN3CCN(c4ccc(F)cc4)CC3)C2=S)c1. The lowest BCUT2D eigenvalue weighted by molar-refractivity contribution is -0.124. The van der Waals surface area contributed by atoms with Gasteiger partial charge in [-0.05, 0) is 85.8 Å². The zero-order valence-electron chi connectivity index (χ0n) is 23.3. The Labute approximate surface area is 255 Å². The first-order valence-corrected chi connectivity index (χ1v) is 14.7. The number of amides is 2. The molecule has 8 nitrogen and oxygen atoms in total. The van der Waals surface area contributed by atoms with Crippen molar-refractivity contribution in [2.75, 3.05) is 61.5 Å². The molecule has 1 atom stereocenters. The summed E-state index contributed by atoms with van der Waals surface area (Å²) in [5.41, 5.74) is 2.23. The fourth-order valence-corrected chi connectivity index (χ4v) is 5.88. The topological polar surface area (TPSA) is 68.4 Å². The molecule has 3 aromatic rings. The van der Waals surface area contributed by atoms with Gasteiger partial charge in [-0.1, -0.05) is 17.7 Å². The molecule has 0 aromatic heterocycles. The molecular weight excluding hydrogens is 577 g/mol. The highest BCUT2D eigenvalue weighted by molar-refractivity contribution is 7.80. The van der Waals surface area contributed by atoms with E-state index in [9.17, 15) is 14.0 Å². The molecule has 2 aliphatic heterocycles. The monoisotopic (exact) mass is 609 g/mol. The average molecular weight is 610 g/mol. The zero-order valence-corrected chi connectivity index (χ0v) is 24.9. The number of hydrogen-bond donors (Lipinski definition) is 1. The molecule has 0 aliphatic carbocycles. The fourth-order valence-electron chi connectivity index (χ4n) is 5.34. The number of nitrogens with one attached hydrogen (secondary N) is 1. The van der Waals surface area contributed by atoms with E-state index >= 15 is 0 Å². The van der Waals surface area contributed by atoms with Crippen LogP contribution < -0.4 is 19.9 Å². The summed E-state index contributed by atoms with van der Waals surface area (Å²) in [6, 6.07) is 19.9. The molecule has 1 N–H and O–H groups in total. The van der Waals surface area contributed by atoms with Gasteiger partial charge in [-0.25, -0.2) is 4.39 Å². The van der Waals surface area contributed by atoms with Gasteiger partial charge in [0.15, 0.2) is 5.11 Å². The van der Waals surface area contributed by atoms with Crippen molar-refractivity contribution in [1.29, 1.82) is 0 Å². The summed E-state index contributed by atoms with van der Waals surface area (Å²) in [7, 11) is 1.57. The molecule has 0 bridgehead atoms. The third kappa shape index (κ3) is 7.00. The van der Waals surface area contributed by atoms with Crippen LogP contribution in [0.15, 0.2) is 72.8 Å². The molecule has 0 unspecified atom stereocenters. The van der Waals surface area contributed by atoms with Crippen LogP contribution in [-0.2, 0) is 9.59 Å². The normalized spacial score (nSPS) is 17.6. The Balaban J connectivity index is 1.23. The summed E-state index contributed by atoms with van der Waals surface area (Å²) >= 11 is 11.8. The van der Waals surface area contributed by atoms with E-state index in [2.05, 4.69) is 15.1 Å². The molecule has 2 amide bonds. The van der Waals surface area contributed by atoms with Gasteiger partial charge in [0.05, 0.1) is 19.2 Å². The van der Waals surface area contributed by atoms with Crippen molar-refractivity contribution in [2.24, 2.45) is 0 Å². The van der Waals surface area contributed by atoms with E-state index in [-0.39, 0.29) is 24.1 Å². The van der Waals surface area contributed by atoms with Gasteiger partial charge in [0.2, 0.25) is 5.91 Å².